The van der Waals surface area contributed by atoms with Crippen molar-refractivity contribution in [2.45, 2.75) is 44.2 Å². The first-order chi connectivity index (χ1) is 10.2. The predicted octanol–water partition coefficient (Wildman–Crippen LogP) is 2.53. The molecule has 0 amide bonds. The number of likely N-dealkylation sites (tertiary alicyclic amines) is 1. The summed E-state index contributed by atoms with van der Waals surface area (Å²) in [6, 6.07) is 10.2. The van der Waals surface area contributed by atoms with E-state index in [-0.39, 0.29) is 5.97 Å². The molecule has 1 aliphatic heterocycles. The SMILES string of the molecule is COC(=O)CCCN1CCCC1CC(O)c1ccccc1. The number of methoxy groups -OCH3 is 1. The van der Waals surface area contributed by atoms with Gasteiger partial charge in [-0.15, -0.1) is 0 Å². The number of aliphatic hydroxyl groups excluding tert-OH is 1. The van der Waals surface area contributed by atoms with Crippen molar-refractivity contribution < 1.29 is 14.6 Å². The smallest absolute Gasteiger partial charge is 0.305 e. The van der Waals surface area contributed by atoms with Gasteiger partial charge in [0, 0.05) is 12.5 Å². The number of hydrogen-bond acceptors (Lipinski definition) is 4. The topological polar surface area (TPSA) is 49.8 Å². The van der Waals surface area contributed by atoms with Gasteiger partial charge in [-0.3, -0.25) is 4.79 Å². The van der Waals surface area contributed by atoms with Gasteiger partial charge in [0.1, 0.15) is 0 Å². The van der Waals surface area contributed by atoms with Gasteiger partial charge >= 0.3 is 5.97 Å². The number of aliphatic hydroxyl groups is 1. The van der Waals surface area contributed by atoms with E-state index in [1.54, 1.807) is 0 Å². The summed E-state index contributed by atoms with van der Waals surface area (Å²) in [5.74, 6) is -0.143. The Hall–Kier alpha value is -1.39. The van der Waals surface area contributed by atoms with Crippen LogP contribution < -0.4 is 0 Å². The Morgan fingerprint density at radius 1 is 1.43 bits per heavy atom. The number of nitrogens with zero attached hydrogens (tertiary/aromatic N) is 1. The number of benzene rings is 1. The summed E-state index contributed by atoms with van der Waals surface area (Å²) in [6.07, 6.45) is 3.96. The number of hydrogen-bond donors (Lipinski definition) is 1. The monoisotopic (exact) mass is 291 g/mol. The third kappa shape index (κ3) is 4.83. The number of rotatable bonds is 7. The maximum Gasteiger partial charge on any atom is 0.305 e. The van der Waals surface area contributed by atoms with Gasteiger partial charge in [0.05, 0.1) is 13.2 Å². The van der Waals surface area contributed by atoms with Crippen LogP contribution in [0.1, 0.15) is 43.8 Å². The Balaban J connectivity index is 1.80. The molecule has 0 saturated carbocycles. The van der Waals surface area contributed by atoms with E-state index in [2.05, 4.69) is 9.64 Å². The van der Waals surface area contributed by atoms with Crippen LogP contribution in [-0.2, 0) is 9.53 Å². The second kappa shape index (κ2) is 8.15. The van der Waals surface area contributed by atoms with E-state index in [1.807, 2.05) is 30.3 Å². The van der Waals surface area contributed by atoms with Crippen molar-refractivity contribution in [3.8, 4) is 0 Å². The molecule has 0 aliphatic carbocycles. The van der Waals surface area contributed by atoms with Gasteiger partial charge in [-0.25, -0.2) is 0 Å². The molecule has 1 aliphatic rings. The van der Waals surface area contributed by atoms with Crippen molar-refractivity contribution in [1.29, 1.82) is 0 Å². The first kappa shape index (κ1) is 16.0. The second-order valence-electron chi connectivity index (χ2n) is 5.67. The summed E-state index contributed by atoms with van der Waals surface area (Å²) in [7, 11) is 1.43. The lowest BCUT2D eigenvalue weighted by Gasteiger charge is -2.26. The third-order valence-corrected chi connectivity index (χ3v) is 4.23. The molecule has 0 spiro atoms. The molecule has 1 fully saturated rings. The van der Waals surface area contributed by atoms with Gasteiger partial charge in [0.15, 0.2) is 0 Å². The molecule has 0 radical (unpaired) electrons. The first-order valence-electron chi connectivity index (χ1n) is 7.74. The quantitative estimate of drug-likeness (QED) is 0.784. The Bertz CT molecular complexity index is 435. The minimum Gasteiger partial charge on any atom is -0.469 e. The van der Waals surface area contributed by atoms with Crippen molar-refractivity contribution >= 4 is 5.97 Å². The van der Waals surface area contributed by atoms with E-state index in [4.69, 9.17) is 0 Å². The van der Waals surface area contributed by atoms with E-state index in [0.717, 1.165) is 37.9 Å². The van der Waals surface area contributed by atoms with Crippen molar-refractivity contribution in [1.82, 2.24) is 4.90 Å². The van der Waals surface area contributed by atoms with Crippen LogP contribution in [-0.4, -0.2) is 42.2 Å². The summed E-state index contributed by atoms with van der Waals surface area (Å²) < 4.78 is 4.67. The van der Waals surface area contributed by atoms with Crippen LogP contribution >= 0.6 is 0 Å². The zero-order valence-corrected chi connectivity index (χ0v) is 12.7. The van der Waals surface area contributed by atoms with Crippen molar-refractivity contribution in [2.24, 2.45) is 0 Å². The van der Waals surface area contributed by atoms with E-state index in [9.17, 15) is 9.90 Å². The molecule has 1 heterocycles. The molecule has 2 rings (SSSR count). The van der Waals surface area contributed by atoms with Crippen LogP contribution in [0.4, 0.5) is 0 Å². The van der Waals surface area contributed by atoms with Crippen molar-refractivity contribution in [3.63, 3.8) is 0 Å². The van der Waals surface area contributed by atoms with Gasteiger partial charge in [-0.1, -0.05) is 30.3 Å². The minimum atomic E-state index is -0.405. The summed E-state index contributed by atoms with van der Waals surface area (Å²) in [5.41, 5.74) is 0.985. The van der Waals surface area contributed by atoms with E-state index >= 15 is 0 Å². The largest absolute Gasteiger partial charge is 0.469 e. The van der Waals surface area contributed by atoms with Gasteiger partial charge in [0.25, 0.3) is 0 Å². The average Bonchev–Trinajstić information content (AvgIpc) is 2.95. The summed E-state index contributed by atoms with van der Waals surface area (Å²) >= 11 is 0. The Kier molecular flexibility index (Phi) is 6.21. The molecule has 21 heavy (non-hydrogen) atoms. The zero-order valence-electron chi connectivity index (χ0n) is 12.7. The molecular weight excluding hydrogens is 266 g/mol. The number of esters is 1. The standard InChI is InChI=1S/C17H25NO3/c1-21-17(20)10-6-12-18-11-5-9-15(18)13-16(19)14-7-3-2-4-8-14/h2-4,7-8,15-16,19H,5-6,9-13H2,1H3. The highest BCUT2D eigenvalue weighted by Crippen LogP contribution is 2.27. The van der Waals surface area contributed by atoms with Crippen molar-refractivity contribution in [3.05, 3.63) is 35.9 Å². The first-order valence-corrected chi connectivity index (χ1v) is 7.74. The van der Waals surface area contributed by atoms with Gasteiger partial charge in [-0.2, -0.15) is 0 Å². The molecular formula is C17H25NO3. The maximum absolute atomic E-state index is 11.1. The molecule has 1 N–H and O–H groups in total. The molecule has 1 saturated heterocycles. The molecule has 4 nitrogen and oxygen atoms in total. The van der Waals surface area contributed by atoms with Crippen molar-refractivity contribution in [2.75, 3.05) is 20.2 Å². The second-order valence-corrected chi connectivity index (χ2v) is 5.67. The van der Waals surface area contributed by atoms with E-state index in [0.29, 0.717) is 12.5 Å². The third-order valence-electron chi connectivity index (χ3n) is 4.23. The average molecular weight is 291 g/mol. The van der Waals surface area contributed by atoms with Gasteiger partial charge in [-0.05, 0) is 44.3 Å². The summed E-state index contributed by atoms with van der Waals surface area (Å²) in [6.45, 7) is 1.97. The fraction of sp³-hybridized carbons (Fsp3) is 0.588. The Morgan fingerprint density at radius 2 is 2.19 bits per heavy atom. The highest BCUT2D eigenvalue weighted by molar-refractivity contribution is 5.69. The van der Waals surface area contributed by atoms with Crippen LogP contribution in [0.25, 0.3) is 0 Å². The van der Waals surface area contributed by atoms with Crippen LogP contribution in [0.2, 0.25) is 0 Å². The fourth-order valence-electron chi connectivity index (χ4n) is 3.05. The lowest BCUT2D eigenvalue weighted by Crippen LogP contribution is -2.32. The highest BCUT2D eigenvalue weighted by atomic mass is 16.5. The molecule has 2 atom stereocenters. The van der Waals surface area contributed by atoms with Crippen LogP contribution in [0, 0.1) is 0 Å². The molecule has 1 aromatic carbocycles. The molecule has 0 bridgehead atoms. The van der Waals surface area contributed by atoms with Crippen LogP contribution in [0.15, 0.2) is 30.3 Å². The molecule has 0 aromatic heterocycles. The van der Waals surface area contributed by atoms with E-state index in [1.165, 1.54) is 13.5 Å². The van der Waals surface area contributed by atoms with Gasteiger partial charge < -0.3 is 14.7 Å². The molecule has 2 unspecified atom stereocenters. The number of carbonyl (C=O) groups is 1. The minimum absolute atomic E-state index is 0.143. The summed E-state index contributed by atoms with van der Waals surface area (Å²) in [5, 5.41) is 10.3. The highest BCUT2D eigenvalue weighted by Gasteiger charge is 2.26. The van der Waals surface area contributed by atoms with Crippen LogP contribution in [0.3, 0.4) is 0 Å². The number of carbonyl (C=O) groups excluding carboxylic acids is 1. The lowest BCUT2D eigenvalue weighted by atomic mass is 10.0. The molecule has 4 heteroatoms. The van der Waals surface area contributed by atoms with E-state index < -0.39 is 6.10 Å². The Morgan fingerprint density at radius 3 is 2.90 bits per heavy atom. The normalized spacial score (nSPS) is 20.4. The zero-order chi connectivity index (χ0) is 15.1. The van der Waals surface area contributed by atoms with Crippen LogP contribution in [0.5, 0.6) is 0 Å². The Labute approximate surface area is 126 Å². The lowest BCUT2D eigenvalue weighted by molar-refractivity contribution is -0.140. The maximum atomic E-state index is 11.1. The summed E-state index contributed by atoms with van der Waals surface area (Å²) in [4.78, 5) is 13.5. The fourth-order valence-corrected chi connectivity index (χ4v) is 3.05. The molecule has 1 aromatic rings. The number of ether oxygens (including phenoxy) is 1. The predicted molar refractivity (Wildman–Crippen MR) is 81.9 cm³/mol. The van der Waals surface area contributed by atoms with Gasteiger partial charge in [0.2, 0.25) is 0 Å². The molecule has 116 valence electrons.